The summed E-state index contributed by atoms with van der Waals surface area (Å²) in [5, 5.41) is 3.29. The third kappa shape index (κ3) is 2.65. The van der Waals surface area contributed by atoms with Gasteiger partial charge in [-0.15, -0.1) is 0 Å². The SMILES string of the molecule is CNC(Cc1ccc(F)c(F)c1)C1CC1(C)C. The van der Waals surface area contributed by atoms with E-state index in [0.717, 1.165) is 12.0 Å². The first-order chi connectivity index (χ1) is 7.94. The minimum atomic E-state index is -0.776. The Morgan fingerprint density at radius 2 is 2.00 bits per heavy atom. The van der Waals surface area contributed by atoms with Gasteiger partial charge in [0.05, 0.1) is 0 Å². The molecule has 3 heteroatoms. The fraction of sp³-hybridized carbons (Fsp3) is 0.571. The summed E-state index contributed by atoms with van der Waals surface area (Å²) in [6.07, 6.45) is 1.95. The molecule has 0 amide bonds. The van der Waals surface area contributed by atoms with Crippen molar-refractivity contribution in [3.8, 4) is 0 Å². The Hall–Kier alpha value is -0.960. The van der Waals surface area contributed by atoms with E-state index >= 15 is 0 Å². The standard InChI is InChI=1S/C14H19F2N/c1-14(2)8-10(14)13(17-3)7-9-4-5-11(15)12(16)6-9/h4-6,10,13,17H,7-8H2,1-3H3. The molecule has 94 valence electrons. The molecule has 0 radical (unpaired) electrons. The highest BCUT2D eigenvalue weighted by atomic mass is 19.2. The van der Waals surface area contributed by atoms with E-state index in [4.69, 9.17) is 0 Å². The van der Waals surface area contributed by atoms with Gasteiger partial charge in [-0.25, -0.2) is 8.78 Å². The Balaban J connectivity index is 2.06. The lowest BCUT2D eigenvalue weighted by atomic mass is 9.97. The second-order valence-electron chi connectivity index (χ2n) is 5.65. The van der Waals surface area contributed by atoms with Gasteiger partial charge in [0.2, 0.25) is 0 Å². The summed E-state index contributed by atoms with van der Waals surface area (Å²) >= 11 is 0. The lowest BCUT2D eigenvalue weighted by Gasteiger charge is -2.18. The van der Waals surface area contributed by atoms with Crippen molar-refractivity contribution in [2.45, 2.75) is 32.7 Å². The molecule has 2 unspecified atom stereocenters. The molecule has 0 aromatic heterocycles. The molecule has 1 N–H and O–H groups in total. The largest absolute Gasteiger partial charge is 0.316 e. The molecule has 1 aliphatic carbocycles. The summed E-state index contributed by atoms with van der Waals surface area (Å²) < 4.78 is 25.9. The normalized spacial score (nSPS) is 23.5. The van der Waals surface area contributed by atoms with E-state index in [1.807, 2.05) is 7.05 Å². The van der Waals surface area contributed by atoms with Gasteiger partial charge in [-0.05, 0) is 48.9 Å². The molecule has 2 atom stereocenters. The molecule has 1 aromatic carbocycles. The molecule has 1 nitrogen and oxygen atoms in total. The number of hydrogen-bond donors (Lipinski definition) is 1. The number of nitrogens with one attached hydrogen (secondary N) is 1. The maximum Gasteiger partial charge on any atom is 0.159 e. The predicted molar refractivity (Wildman–Crippen MR) is 64.8 cm³/mol. The van der Waals surface area contributed by atoms with Gasteiger partial charge in [0.15, 0.2) is 11.6 Å². The predicted octanol–water partition coefficient (Wildman–Crippen LogP) is 3.14. The van der Waals surface area contributed by atoms with Crippen LogP contribution in [0.3, 0.4) is 0 Å². The summed E-state index contributed by atoms with van der Waals surface area (Å²) in [5.41, 5.74) is 1.23. The molecule has 1 aliphatic rings. The van der Waals surface area contributed by atoms with E-state index in [1.165, 1.54) is 18.6 Å². The van der Waals surface area contributed by atoms with E-state index in [0.29, 0.717) is 17.4 Å². The third-order valence-corrected chi connectivity index (χ3v) is 3.89. The zero-order valence-corrected chi connectivity index (χ0v) is 10.6. The molecule has 1 fully saturated rings. The summed E-state index contributed by atoms with van der Waals surface area (Å²) in [4.78, 5) is 0. The fourth-order valence-electron chi connectivity index (χ4n) is 2.56. The molecule has 0 saturated heterocycles. The number of likely N-dealkylation sites (N-methyl/N-ethyl adjacent to an activating group) is 1. The molecule has 0 bridgehead atoms. The van der Waals surface area contributed by atoms with Crippen LogP contribution in [-0.4, -0.2) is 13.1 Å². The van der Waals surface area contributed by atoms with Gasteiger partial charge in [-0.3, -0.25) is 0 Å². The second kappa shape index (κ2) is 4.37. The monoisotopic (exact) mass is 239 g/mol. The molecule has 1 saturated carbocycles. The van der Waals surface area contributed by atoms with Crippen molar-refractivity contribution in [2.24, 2.45) is 11.3 Å². The highest BCUT2D eigenvalue weighted by Gasteiger charge is 2.49. The van der Waals surface area contributed by atoms with Gasteiger partial charge < -0.3 is 5.32 Å². The molecule has 2 rings (SSSR count). The Kier molecular flexibility index (Phi) is 3.21. The summed E-state index contributed by atoms with van der Waals surface area (Å²) in [7, 11) is 1.93. The van der Waals surface area contributed by atoms with Gasteiger partial charge in [0, 0.05) is 6.04 Å². The van der Waals surface area contributed by atoms with Crippen molar-refractivity contribution in [1.29, 1.82) is 0 Å². The van der Waals surface area contributed by atoms with Gasteiger partial charge >= 0.3 is 0 Å². The van der Waals surface area contributed by atoms with E-state index < -0.39 is 11.6 Å². The molecular weight excluding hydrogens is 220 g/mol. The van der Waals surface area contributed by atoms with Crippen molar-refractivity contribution >= 4 is 0 Å². The Morgan fingerprint density at radius 1 is 1.35 bits per heavy atom. The molecule has 0 heterocycles. The minimum absolute atomic E-state index is 0.342. The van der Waals surface area contributed by atoms with Crippen LogP contribution >= 0.6 is 0 Å². The lowest BCUT2D eigenvalue weighted by molar-refractivity contribution is 0.424. The zero-order valence-electron chi connectivity index (χ0n) is 10.6. The van der Waals surface area contributed by atoms with E-state index in [9.17, 15) is 8.78 Å². The Morgan fingerprint density at radius 3 is 2.47 bits per heavy atom. The molecular formula is C14H19F2N. The van der Waals surface area contributed by atoms with Crippen LogP contribution in [0, 0.1) is 23.0 Å². The van der Waals surface area contributed by atoms with Crippen LogP contribution in [-0.2, 0) is 6.42 Å². The molecule has 0 spiro atoms. The van der Waals surface area contributed by atoms with Crippen molar-refractivity contribution in [1.82, 2.24) is 5.32 Å². The first-order valence-corrected chi connectivity index (χ1v) is 6.05. The highest BCUT2D eigenvalue weighted by Crippen LogP contribution is 2.53. The molecule has 0 aliphatic heterocycles. The van der Waals surface area contributed by atoms with Crippen LogP contribution in [0.4, 0.5) is 8.78 Å². The van der Waals surface area contributed by atoms with Crippen LogP contribution < -0.4 is 5.32 Å². The van der Waals surface area contributed by atoms with Crippen molar-refractivity contribution < 1.29 is 8.78 Å². The first kappa shape index (κ1) is 12.5. The average Bonchev–Trinajstić information content (AvgIpc) is 2.89. The van der Waals surface area contributed by atoms with Crippen molar-refractivity contribution in [3.05, 3.63) is 35.4 Å². The van der Waals surface area contributed by atoms with Gasteiger partial charge in [-0.2, -0.15) is 0 Å². The topological polar surface area (TPSA) is 12.0 Å². The smallest absolute Gasteiger partial charge is 0.159 e. The van der Waals surface area contributed by atoms with E-state index in [-0.39, 0.29) is 0 Å². The zero-order chi connectivity index (χ0) is 12.6. The van der Waals surface area contributed by atoms with Crippen LogP contribution in [0.1, 0.15) is 25.8 Å². The van der Waals surface area contributed by atoms with Gasteiger partial charge in [0.1, 0.15) is 0 Å². The number of halogens is 2. The minimum Gasteiger partial charge on any atom is -0.316 e. The Labute approximate surface area is 101 Å². The quantitative estimate of drug-likeness (QED) is 0.851. The lowest BCUT2D eigenvalue weighted by Crippen LogP contribution is -2.31. The van der Waals surface area contributed by atoms with Crippen molar-refractivity contribution in [2.75, 3.05) is 7.05 Å². The highest BCUT2D eigenvalue weighted by molar-refractivity contribution is 5.20. The first-order valence-electron chi connectivity index (χ1n) is 6.05. The molecule has 17 heavy (non-hydrogen) atoms. The summed E-state index contributed by atoms with van der Waals surface area (Å²) in [6, 6.07) is 4.51. The second-order valence-corrected chi connectivity index (χ2v) is 5.65. The van der Waals surface area contributed by atoms with E-state index in [2.05, 4.69) is 19.2 Å². The number of benzene rings is 1. The maximum atomic E-state index is 13.1. The van der Waals surface area contributed by atoms with Crippen LogP contribution in [0.15, 0.2) is 18.2 Å². The number of hydrogen-bond acceptors (Lipinski definition) is 1. The fourth-order valence-corrected chi connectivity index (χ4v) is 2.56. The van der Waals surface area contributed by atoms with Crippen molar-refractivity contribution in [3.63, 3.8) is 0 Å². The number of rotatable bonds is 4. The van der Waals surface area contributed by atoms with Gasteiger partial charge in [0.25, 0.3) is 0 Å². The summed E-state index contributed by atoms with van der Waals surface area (Å²) in [6.45, 7) is 4.49. The third-order valence-electron chi connectivity index (χ3n) is 3.89. The molecule has 1 aromatic rings. The average molecular weight is 239 g/mol. The Bertz CT molecular complexity index is 415. The van der Waals surface area contributed by atoms with E-state index in [1.54, 1.807) is 6.07 Å². The van der Waals surface area contributed by atoms with Crippen LogP contribution in [0.5, 0.6) is 0 Å². The van der Waals surface area contributed by atoms with Crippen LogP contribution in [0.25, 0.3) is 0 Å². The maximum absolute atomic E-state index is 13.1. The van der Waals surface area contributed by atoms with Gasteiger partial charge in [-0.1, -0.05) is 19.9 Å². The summed E-state index contributed by atoms with van der Waals surface area (Å²) in [5.74, 6) is -0.908. The van der Waals surface area contributed by atoms with Crippen LogP contribution in [0.2, 0.25) is 0 Å².